The minimum Gasteiger partial charge on any atom is -0.272 e. The van der Waals surface area contributed by atoms with E-state index >= 15 is 0 Å². The lowest BCUT2D eigenvalue weighted by molar-refractivity contribution is -0.119. The van der Waals surface area contributed by atoms with E-state index in [2.05, 4.69) is 15.8 Å². The first kappa shape index (κ1) is 18.8. The van der Waals surface area contributed by atoms with E-state index in [1.165, 1.54) is 30.0 Å². The standard InChI is InChI=1S/C20H18FN3O2S/c1-12-6-5-8-14-13(2)10-18(22-19(12)14)27-11-17(25)23-24-20(26)15-7-3-4-9-16(15)21/h3-10H,11H2,1-2H3,(H,23,25)(H,24,26). The van der Waals surface area contributed by atoms with Crippen LogP contribution in [0.15, 0.2) is 53.6 Å². The highest BCUT2D eigenvalue weighted by Gasteiger charge is 2.12. The second-order valence-corrected chi connectivity index (χ2v) is 7.01. The van der Waals surface area contributed by atoms with Crippen molar-refractivity contribution in [3.8, 4) is 0 Å². The summed E-state index contributed by atoms with van der Waals surface area (Å²) in [5, 5.41) is 1.81. The van der Waals surface area contributed by atoms with Gasteiger partial charge in [-0.3, -0.25) is 20.4 Å². The zero-order valence-corrected chi connectivity index (χ0v) is 15.7. The second kappa shape index (κ2) is 8.18. The first-order valence-corrected chi connectivity index (χ1v) is 9.28. The molecule has 2 aromatic carbocycles. The van der Waals surface area contributed by atoms with E-state index in [0.717, 1.165) is 27.1 Å². The Morgan fingerprint density at radius 2 is 1.81 bits per heavy atom. The number of rotatable bonds is 4. The summed E-state index contributed by atoms with van der Waals surface area (Å²) < 4.78 is 13.5. The molecule has 0 aliphatic heterocycles. The Labute approximate surface area is 160 Å². The lowest BCUT2D eigenvalue weighted by Crippen LogP contribution is -2.42. The van der Waals surface area contributed by atoms with Gasteiger partial charge in [-0.1, -0.05) is 42.1 Å². The second-order valence-electron chi connectivity index (χ2n) is 6.02. The molecule has 0 saturated heterocycles. The number of hydrogen-bond acceptors (Lipinski definition) is 4. The molecule has 0 radical (unpaired) electrons. The van der Waals surface area contributed by atoms with Gasteiger partial charge in [-0.25, -0.2) is 9.37 Å². The number of carbonyl (C=O) groups is 2. The van der Waals surface area contributed by atoms with Gasteiger partial charge in [0, 0.05) is 5.39 Å². The summed E-state index contributed by atoms with van der Waals surface area (Å²) in [5.41, 5.74) is 7.43. The van der Waals surface area contributed by atoms with Gasteiger partial charge in [0.2, 0.25) is 5.91 Å². The fourth-order valence-electron chi connectivity index (χ4n) is 2.62. The van der Waals surface area contributed by atoms with Gasteiger partial charge >= 0.3 is 0 Å². The largest absolute Gasteiger partial charge is 0.272 e. The fourth-order valence-corrected chi connectivity index (χ4v) is 3.39. The number of carbonyl (C=O) groups excluding carboxylic acids is 2. The number of hydrogen-bond donors (Lipinski definition) is 2. The summed E-state index contributed by atoms with van der Waals surface area (Å²) >= 11 is 1.27. The van der Waals surface area contributed by atoms with Crippen molar-refractivity contribution >= 4 is 34.5 Å². The maximum absolute atomic E-state index is 13.5. The van der Waals surface area contributed by atoms with Crippen LogP contribution in [0.4, 0.5) is 4.39 Å². The molecule has 0 unspecified atom stereocenters. The van der Waals surface area contributed by atoms with Crippen LogP contribution < -0.4 is 10.9 Å². The lowest BCUT2D eigenvalue weighted by Gasteiger charge is -2.09. The highest BCUT2D eigenvalue weighted by atomic mass is 32.2. The predicted molar refractivity (Wildman–Crippen MR) is 104 cm³/mol. The number of aromatic nitrogens is 1. The van der Waals surface area contributed by atoms with Crippen molar-refractivity contribution in [1.29, 1.82) is 0 Å². The maximum atomic E-state index is 13.5. The van der Waals surface area contributed by atoms with E-state index in [9.17, 15) is 14.0 Å². The van der Waals surface area contributed by atoms with E-state index in [-0.39, 0.29) is 11.3 Å². The van der Waals surface area contributed by atoms with Gasteiger partial charge in [-0.2, -0.15) is 0 Å². The van der Waals surface area contributed by atoms with Crippen LogP contribution in [0.1, 0.15) is 21.5 Å². The Morgan fingerprint density at radius 1 is 1.04 bits per heavy atom. The normalized spacial score (nSPS) is 10.6. The molecule has 0 aliphatic carbocycles. The Balaban J connectivity index is 1.59. The maximum Gasteiger partial charge on any atom is 0.272 e. The summed E-state index contributed by atoms with van der Waals surface area (Å²) in [6, 6.07) is 13.5. The van der Waals surface area contributed by atoms with Gasteiger partial charge < -0.3 is 0 Å². The Hall–Kier alpha value is -2.93. The van der Waals surface area contributed by atoms with Crippen LogP contribution in [0.2, 0.25) is 0 Å². The molecule has 3 rings (SSSR count). The Morgan fingerprint density at radius 3 is 2.59 bits per heavy atom. The topological polar surface area (TPSA) is 71.1 Å². The van der Waals surface area contributed by atoms with Crippen LogP contribution >= 0.6 is 11.8 Å². The smallest absolute Gasteiger partial charge is 0.272 e. The van der Waals surface area contributed by atoms with Crippen molar-refractivity contribution in [2.75, 3.05) is 5.75 Å². The third-order valence-electron chi connectivity index (χ3n) is 4.01. The van der Waals surface area contributed by atoms with E-state index < -0.39 is 17.6 Å². The highest BCUT2D eigenvalue weighted by Crippen LogP contribution is 2.25. The Kier molecular flexibility index (Phi) is 5.71. The summed E-state index contributed by atoms with van der Waals surface area (Å²) in [6.45, 7) is 4.00. The first-order chi connectivity index (χ1) is 13.0. The van der Waals surface area contributed by atoms with E-state index in [1.54, 1.807) is 6.07 Å². The first-order valence-electron chi connectivity index (χ1n) is 8.29. The molecule has 0 spiro atoms. The third kappa shape index (κ3) is 4.43. The van der Waals surface area contributed by atoms with E-state index in [0.29, 0.717) is 0 Å². The van der Waals surface area contributed by atoms with Crippen molar-refractivity contribution in [3.05, 3.63) is 71.0 Å². The lowest BCUT2D eigenvalue weighted by atomic mass is 10.1. The van der Waals surface area contributed by atoms with E-state index in [4.69, 9.17) is 0 Å². The Bertz CT molecular complexity index is 1020. The molecule has 0 bridgehead atoms. The molecule has 0 atom stereocenters. The van der Waals surface area contributed by atoms with Gasteiger partial charge in [-0.05, 0) is 43.2 Å². The molecule has 0 fully saturated rings. The van der Waals surface area contributed by atoms with Crippen LogP contribution in [0, 0.1) is 19.7 Å². The molecule has 27 heavy (non-hydrogen) atoms. The van der Waals surface area contributed by atoms with Crippen molar-refractivity contribution in [1.82, 2.24) is 15.8 Å². The SMILES string of the molecule is Cc1cc(SCC(=O)NNC(=O)c2ccccc2F)nc2c(C)cccc12. The van der Waals surface area contributed by atoms with Crippen molar-refractivity contribution in [3.63, 3.8) is 0 Å². The molecule has 7 heteroatoms. The number of nitrogens with zero attached hydrogens (tertiary/aromatic N) is 1. The van der Waals surface area contributed by atoms with Crippen LogP contribution in [0.25, 0.3) is 10.9 Å². The van der Waals surface area contributed by atoms with Crippen LogP contribution in [-0.2, 0) is 4.79 Å². The molecule has 5 nitrogen and oxygen atoms in total. The van der Waals surface area contributed by atoms with Crippen molar-refractivity contribution in [2.24, 2.45) is 0 Å². The molecule has 1 heterocycles. The van der Waals surface area contributed by atoms with Gasteiger partial charge in [-0.15, -0.1) is 0 Å². The van der Waals surface area contributed by atoms with Crippen LogP contribution in [-0.4, -0.2) is 22.6 Å². The molecule has 2 N–H and O–H groups in total. The number of benzene rings is 2. The average Bonchev–Trinajstić information content (AvgIpc) is 2.65. The molecule has 2 amide bonds. The molecule has 0 aliphatic rings. The molecule has 3 aromatic rings. The highest BCUT2D eigenvalue weighted by molar-refractivity contribution is 7.99. The minimum atomic E-state index is -0.707. The number of fused-ring (bicyclic) bond motifs is 1. The van der Waals surface area contributed by atoms with Gasteiger partial charge in [0.1, 0.15) is 5.82 Å². The van der Waals surface area contributed by atoms with Crippen LogP contribution in [0.3, 0.4) is 0 Å². The average molecular weight is 383 g/mol. The zero-order chi connectivity index (χ0) is 19.4. The number of pyridine rings is 1. The van der Waals surface area contributed by atoms with Gasteiger partial charge in [0.15, 0.2) is 0 Å². The number of thioether (sulfide) groups is 1. The number of halogens is 1. The quantitative estimate of drug-likeness (QED) is 0.534. The molecular weight excluding hydrogens is 365 g/mol. The predicted octanol–water partition coefficient (Wildman–Crippen LogP) is 3.54. The third-order valence-corrected chi connectivity index (χ3v) is 4.92. The number of hydrazine groups is 1. The van der Waals surface area contributed by atoms with Crippen molar-refractivity contribution < 1.29 is 14.0 Å². The van der Waals surface area contributed by atoms with Crippen molar-refractivity contribution in [2.45, 2.75) is 18.9 Å². The monoisotopic (exact) mass is 383 g/mol. The molecule has 138 valence electrons. The number of aryl methyl sites for hydroxylation is 2. The summed E-state index contributed by atoms with van der Waals surface area (Å²) in [7, 11) is 0. The van der Waals surface area contributed by atoms with Gasteiger partial charge in [0.05, 0.1) is 21.9 Å². The summed E-state index contributed by atoms with van der Waals surface area (Å²) in [5.74, 6) is -1.69. The molecule has 1 aromatic heterocycles. The number of para-hydroxylation sites is 1. The minimum absolute atomic E-state index is 0.0708. The number of amides is 2. The summed E-state index contributed by atoms with van der Waals surface area (Å²) in [6.07, 6.45) is 0. The molecular formula is C20H18FN3O2S. The fraction of sp³-hybridized carbons (Fsp3) is 0.150. The number of nitrogens with one attached hydrogen (secondary N) is 2. The van der Waals surface area contributed by atoms with Gasteiger partial charge in [0.25, 0.3) is 5.91 Å². The summed E-state index contributed by atoms with van der Waals surface area (Å²) in [4.78, 5) is 28.5. The zero-order valence-electron chi connectivity index (χ0n) is 14.9. The van der Waals surface area contributed by atoms with E-state index in [1.807, 2.05) is 38.1 Å². The molecule has 0 saturated carbocycles. The van der Waals surface area contributed by atoms with Crippen LogP contribution in [0.5, 0.6) is 0 Å².